The zero-order chi connectivity index (χ0) is 22.3. The number of ether oxygens (including phenoxy) is 2. The molecule has 0 fully saturated rings. The molecule has 7 nitrogen and oxygen atoms in total. The van der Waals surface area contributed by atoms with Gasteiger partial charge in [-0.3, -0.25) is 4.31 Å². The summed E-state index contributed by atoms with van der Waals surface area (Å²) in [6.07, 6.45) is 5.02. The van der Waals surface area contributed by atoms with Crippen LogP contribution in [0.3, 0.4) is 0 Å². The first-order valence-electron chi connectivity index (χ1n) is 10.1. The van der Waals surface area contributed by atoms with Gasteiger partial charge in [0.05, 0.1) is 17.2 Å². The highest BCUT2D eigenvalue weighted by molar-refractivity contribution is 7.92. The number of esters is 2. The molecular weight excluding hydrogens is 418 g/mol. The van der Waals surface area contributed by atoms with E-state index in [-0.39, 0.29) is 4.90 Å². The highest BCUT2D eigenvalue weighted by Crippen LogP contribution is 2.32. The monoisotopic (exact) mass is 443 g/mol. The number of para-hydroxylation sites is 1. The van der Waals surface area contributed by atoms with E-state index >= 15 is 0 Å². The number of fused-ring (bicyclic) bond motifs is 1. The Kier molecular flexibility index (Phi) is 7.46. The third kappa shape index (κ3) is 5.73. The molecular formula is C23H25NO6S. The van der Waals surface area contributed by atoms with E-state index in [2.05, 4.69) is 0 Å². The minimum atomic E-state index is -3.66. The van der Waals surface area contributed by atoms with Crippen LogP contribution in [0.2, 0.25) is 0 Å². The normalized spacial score (nSPS) is 13.3. The van der Waals surface area contributed by atoms with Crippen molar-refractivity contribution in [3.63, 3.8) is 0 Å². The van der Waals surface area contributed by atoms with Gasteiger partial charge in [0.1, 0.15) is 0 Å². The quantitative estimate of drug-likeness (QED) is 0.335. The van der Waals surface area contributed by atoms with Crippen LogP contribution in [0, 0.1) is 0 Å². The van der Waals surface area contributed by atoms with Gasteiger partial charge in [0, 0.05) is 12.6 Å². The second kappa shape index (κ2) is 10.3. The molecule has 0 spiro atoms. The molecule has 0 aliphatic carbocycles. The van der Waals surface area contributed by atoms with E-state index in [0.717, 1.165) is 18.4 Å². The summed E-state index contributed by atoms with van der Waals surface area (Å²) >= 11 is 0. The van der Waals surface area contributed by atoms with E-state index in [1.807, 2.05) is 31.2 Å². The van der Waals surface area contributed by atoms with Crippen molar-refractivity contribution in [2.24, 2.45) is 0 Å². The van der Waals surface area contributed by atoms with Crippen molar-refractivity contribution in [2.75, 3.05) is 24.1 Å². The molecule has 164 valence electrons. The van der Waals surface area contributed by atoms with E-state index in [0.29, 0.717) is 30.8 Å². The van der Waals surface area contributed by atoms with Crippen LogP contribution in [0.25, 0.3) is 6.08 Å². The van der Waals surface area contributed by atoms with Crippen molar-refractivity contribution in [1.82, 2.24) is 0 Å². The van der Waals surface area contributed by atoms with Crippen LogP contribution in [-0.4, -0.2) is 40.1 Å². The molecule has 0 aromatic heterocycles. The second-order valence-electron chi connectivity index (χ2n) is 7.04. The molecule has 0 amide bonds. The number of hydrogen-bond acceptors (Lipinski definition) is 6. The van der Waals surface area contributed by atoms with E-state index in [1.165, 1.54) is 28.6 Å². The van der Waals surface area contributed by atoms with Crippen LogP contribution in [0.5, 0.6) is 0 Å². The summed E-state index contributed by atoms with van der Waals surface area (Å²) in [5.41, 5.74) is 2.35. The van der Waals surface area contributed by atoms with Crippen LogP contribution < -0.4 is 4.31 Å². The predicted octanol–water partition coefficient (Wildman–Crippen LogP) is 3.34. The van der Waals surface area contributed by atoms with Gasteiger partial charge in [0.2, 0.25) is 0 Å². The fourth-order valence-electron chi connectivity index (χ4n) is 3.15. The fraction of sp³-hybridized carbons (Fsp3) is 0.304. The summed E-state index contributed by atoms with van der Waals surface area (Å²) in [7, 11) is -3.66. The molecule has 2 aromatic rings. The van der Waals surface area contributed by atoms with E-state index < -0.39 is 28.6 Å². The largest absolute Gasteiger partial charge is 0.463 e. The number of hydrogen-bond donors (Lipinski definition) is 0. The van der Waals surface area contributed by atoms with Crippen molar-refractivity contribution in [3.05, 3.63) is 65.7 Å². The topological polar surface area (TPSA) is 90.0 Å². The minimum absolute atomic E-state index is 0.179. The molecule has 8 heteroatoms. The van der Waals surface area contributed by atoms with Crippen LogP contribution in [-0.2, 0) is 35.5 Å². The highest BCUT2D eigenvalue weighted by atomic mass is 32.2. The first-order chi connectivity index (χ1) is 14.9. The first kappa shape index (κ1) is 22.6. The Morgan fingerprint density at radius 2 is 1.81 bits per heavy atom. The molecule has 0 saturated carbocycles. The maximum Gasteiger partial charge on any atom is 0.344 e. The summed E-state index contributed by atoms with van der Waals surface area (Å²) in [6.45, 7) is 2.25. The summed E-state index contributed by atoms with van der Waals surface area (Å²) in [5, 5.41) is 0. The molecule has 0 N–H and O–H groups in total. The number of sulfonamides is 1. The van der Waals surface area contributed by atoms with E-state index in [9.17, 15) is 18.0 Å². The average molecular weight is 444 g/mol. The highest BCUT2D eigenvalue weighted by Gasteiger charge is 2.30. The van der Waals surface area contributed by atoms with Crippen molar-refractivity contribution in [1.29, 1.82) is 0 Å². The third-order valence-corrected chi connectivity index (χ3v) is 6.65. The zero-order valence-corrected chi connectivity index (χ0v) is 18.1. The molecule has 1 aliphatic heterocycles. The summed E-state index contributed by atoms with van der Waals surface area (Å²) < 4.78 is 37.2. The lowest BCUT2D eigenvalue weighted by molar-refractivity contribution is -0.156. The molecule has 0 radical (unpaired) electrons. The van der Waals surface area contributed by atoms with Gasteiger partial charge in [-0.25, -0.2) is 18.0 Å². The SMILES string of the molecule is CCCCOC(=O)COC(=O)/C=C/c1ccc(S(=O)(=O)N2CCc3ccccc32)cc1. The van der Waals surface area contributed by atoms with Gasteiger partial charge in [0.15, 0.2) is 6.61 Å². The lowest BCUT2D eigenvalue weighted by atomic mass is 10.2. The van der Waals surface area contributed by atoms with Gasteiger partial charge in [-0.1, -0.05) is 43.7 Å². The van der Waals surface area contributed by atoms with Crippen LogP contribution in [0.4, 0.5) is 5.69 Å². The average Bonchev–Trinajstić information content (AvgIpc) is 3.22. The van der Waals surface area contributed by atoms with E-state index in [1.54, 1.807) is 12.1 Å². The van der Waals surface area contributed by atoms with Crippen LogP contribution >= 0.6 is 0 Å². The second-order valence-corrected chi connectivity index (χ2v) is 8.90. The van der Waals surface area contributed by atoms with Gasteiger partial charge < -0.3 is 9.47 Å². The smallest absolute Gasteiger partial charge is 0.344 e. The summed E-state index contributed by atoms with van der Waals surface area (Å²) in [4.78, 5) is 23.4. The Balaban J connectivity index is 1.58. The van der Waals surface area contributed by atoms with Gasteiger partial charge in [-0.15, -0.1) is 0 Å². The van der Waals surface area contributed by atoms with Crippen molar-refractivity contribution in [3.8, 4) is 0 Å². The molecule has 0 atom stereocenters. The van der Waals surface area contributed by atoms with Gasteiger partial charge in [0.25, 0.3) is 10.0 Å². The first-order valence-corrected chi connectivity index (χ1v) is 11.6. The molecule has 3 rings (SSSR count). The summed E-state index contributed by atoms with van der Waals surface area (Å²) in [6, 6.07) is 13.7. The predicted molar refractivity (Wildman–Crippen MR) is 117 cm³/mol. The Morgan fingerprint density at radius 1 is 1.06 bits per heavy atom. The molecule has 0 saturated heterocycles. The zero-order valence-electron chi connectivity index (χ0n) is 17.3. The number of nitrogens with zero attached hydrogens (tertiary/aromatic N) is 1. The lowest BCUT2D eigenvalue weighted by Crippen LogP contribution is -2.29. The van der Waals surface area contributed by atoms with Crippen molar-refractivity contribution >= 4 is 33.7 Å². The van der Waals surface area contributed by atoms with Gasteiger partial charge in [-0.05, 0) is 48.2 Å². The lowest BCUT2D eigenvalue weighted by Gasteiger charge is -2.19. The Morgan fingerprint density at radius 3 is 2.55 bits per heavy atom. The van der Waals surface area contributed by atoms with Crippen LogP contribution in [0.1, 0.15) is 30.9 Å². The molecule has 1 aliphatic rings. The molecule has 0 unspecified atom stereocenters. The number of carbonyl (C=O) groups excluding carboxylic acids is 2. The standard InChI is InChI=1S/C23H25NO6S/c1-2-3-16-29-23(26)17-30-22(25)13-10-18-8-11-20(12-9-18)31(27,28)24-15-14-19-6-4-5-7-21(19)24/h4-13H,2-3,14-17H2,1H3/b13-10+. The summed E-state index contributed by atoms with van der Waals surface area (Å²) in [5.74, 6) is -1.27. The number of rotatable bonds is 9. The van der Waals surface area contributed by atoms with Gasteiger partial charge >= 0.3 is 11.9 Å². The van der Waals surface area contributed by atoms with Gasteiger partial charge in [-0.2, -0.15) is 0 Å². The molecule has 31 heavy (non-hydrogen) atoms. The van der Waals surface area contributed by atoms with E-state index in [4.69, 9.17) is 9.47 Å². The fourth-order valence-corrected chi connectivity index (χ4v) is 4.65. The molecule has 1 heterocycles. The van der Waals surface area contributed by atoms with Crippen molar-refractivity contribution < 1.29 is 27.5 Å². The Hall–Kier alpha value is -3.13. The number of anilines is 1. The number of carbonyl (C=O) groups is 2. The van der Waals surface area contributed by atoms with Crippen LogP contribution in [0.15, 0.2) is 59.5 Å². The number of benzene rings is 2. The third-order valence-electron chi connectivity index (χ3n) is 4.82. The molecule has 2 aromatic carbocycles. The number of unbranched alkanes of at least 4 members (excludes halogenated alkanes) is 1. The Labute approximate surface area is 182 Å². The maximum atomic E-state index is 13.0. The minimum Gasteiger partial charge on any atom is -0.463 e. The Bertz CT molecular complexity index is 1060. The van der Waals surface area contributed by atoms with Crippen molar-refractivity contribution in [2.45, 2.75) is 31.1 Å². The maximum absolute atomic E-state index is 13.0. The molecule has 0 bridgehead atoms.